The average molecular weight is 479 g/mol. The highest BCUT2D eigenvalue weighted by Crippen LogP contribution is 2.27. The molecule has 34 heavy (non-hydrogen) atoms. The van der Waals surface area contributed by atoms with E-state index in [2.05, 4.69) is 10.3 Å². The minimum absolute atomic E-state index is 0.0483. The molecule has 1 heterocycles. The number of aryl methyl sites for hydroxylation is 1. The number of carbonyl (C=O) groups is 2. The SMILES string of the molecule is Cc1nc2cc(C(=O)O[C@H](C)C(=O)Nc3cc([N+](=O)[O-])ccc3Cl)ccc2n1-c1ccccc1. The van der Waals surface area contributed by atoms with Gasteiger partial charge in [-0.2, -0.15) is 0 Å². The maximum atomic E-state index is 12.7. The van der Waals surface area contributed by atoms with Gasteiger partial charge in [0.2, 0.25) is 0 Å². The van der Waals surface area contributed by atoms with E-state index < -0.39 is 22.9 Å². The number of aromatic nitrogens is 2. The van der Waals surface area contributed by atoms with Gasteiger partial charge in [-0.1, -0.05) is 29.8 Å². The van der Waals surface area contributed by atoms with Crippen molar-refractivity contribution in [1.29, 1.82) is 0 Å². The van der Waals surface area contributed by atoms with Crippen LogP contribution in [-0.2, 0) is 9.53 Å². The van der Waals surface area contributed by atoms with E-state index >= 15 is 0 Å². The van der Waals surface area contributed by atoms with Gasteiger partial charge in [-0.05, 0) is 50.2 Å². The Morgan fingerprint density at radius 3 is 2.56 bits per heavy atom. The molecule has 0 bridgehead atoms. The summed E-state index contributed by atoms with van der Waals surface area (Å²) in [5.41, 5.74) is 2.43. The number of para-hydroxylation sites is 1. The third-order valence-electron chi connectivity index (χ3n) is 5.14. The Hall–Kier alpha value is -4.24. The molecule has 0 radical (unpaired) electrons. The molecule has 1 aromatic heterocycles. The molecule has 1 amide bonds. The maximum absolute atomic E-state index is 12.7. The highest BCUT2D eigenvalue weighted by molar-refractivity contribution is 6.33. The molecule has 10 heteroatoms. The van der Waals surface area contributed by atoms with Gasteiger partial charge < -0.3 is 10.1 Å². The van der Waals surface area contributed by atoms with Crippen molar-refractivity contribution < 1.29 is 19.2 Å². The molecule has 0 saturated carbocycles. The molecule has 172 valence electrons. The number of imidazole rings is 1. The third kappa shape index (κ3) is 4.60. The van der Waals surface area contributed by atoms with Crippen LogP contribution in [0.3, 0.4) is 0 Å². The molecule has 0 aliphatic carbocycles. The van der Waals surface area contributed by atoms with E-state index in [0.717, 1.165) is 23.1 Å². The van der Waals surface area contributed by atoms with Crippen LogP contribution in [0.4, 0.5) is 11.4 Å². The third-order valence-corrected chi connectivity index (χ3v) is 5.47. The molecule has 0 fully saturated rings. The van der Waals surface area contributed by atoms with Crippen LogP contribution in [0.1, 0.15) is 23.1 Å². The molecule has 1 atom stereocenters. The largest absolute Gasteiger partial charge is 0.449 e. The molecule has 0 spiro atoms. The summed E-state index contributed by atoms with van der Waals surface area (Å²) in [6.45, 7) is 3.27. The molecule has 0 aliphatic rings. The Labute approximate surface area is 199 Å². The van der Waals surface area contributed by atoms with E-state index in [1.165, 1.54) is 19.1 Å². The number of carbonyl (C=O) groups excluding carboxylic acids is 2. The maximum Gasteiger partial charge on any atom is 0.338 e. The summed E-state index contributed by atoms with van der Waals surface area (Å²) in [6.07, 6.45) is -1.18. The van der Waals surface area contributed by atoms with E-state index in [9.17, 15) is 19.7 Å². The fourth-order valence-electron chi connectivity index (χ4n) is 3.47. The molecule has 0 unspecified atom stereocenters. The van der Waals surface area contributed by atoms with E-state index in [1.807, 2.05) is 41.8 Å². The Morgan fingerprint density at radius 2 is 1.85 bits per heavy atom. The predicted octanol–water partition coefficient (Wildman–Crippen LogP) is 5.08. The zero-order chi connectivity index (χ0) is 24.4. The Morgan fingerprint density at radius 1 is 1.12 bits per heavy atom. The number of hydrogen-bond acceptors (Lipinski definition) is 6. The van der Waals surface area contributed by atoms with Gasteiger partial charge in [0.15, 0.2) is 6.10 Å². The van der Waals surface area contributed by atoms with Crippen molar-refractivity contribution in [2.45, 2.75) is 20.0 Å². The quantitative estimate of drug-likeness (QED) is 0.234. The number of non-ortho nitro benzene ring substituents is 1. The van der Waals surface area contributed by atoms with Crippen LogP contribution >= 0.6 is 11.6 Å². The van der Waals surface area contributed by atoms with Gasteiger partial charge in [0.25, 0.3) is 11.6 Å². The fraction of sp³-hybridized carbons (Fsp3) is 0.125. The molecule has 9 nitrogen and oxygen atoms in total. The first-order valence-electron chi connectivity index (χ1n) is 10.2. The van der Waals surface area contributed by atoms with Crippen molar-refractivity contribution in [3.63, 3.8) is 0 Å². The first-order chi connectivity index (χ1) is 16.2. The summed E-state index contributed by atoms with van der Waals surface area (Å²) < 4.78 is 7.27. The summed E-state index contributed by atoms with van der Waals surface area (Å²) in [7, 11) is 0. The molecule has 0 saturated heterocycles. The van der Waals surface area contributed by atoms with Crippen molar-refractivity contribution in [3.8, 4) is 5.69 Å². The molecule has 4 rings (SSSR count). The normalized spacial score (nSPS) is 11.7. The van der Waals surface area contributed by atoms with Crippen LogP contribution in [0.15, 0.2) is 66.7 Å². The number of esters is 1. The van der Waals surface area contributed by atoms with Gasteiger partial charge in [0.1, 0.15) is 5.82 Å². The number of ether oxygens (including phenoxy) is 1. The van der Waals surface area contributed by atoms with Gasteiger partial charge in [-0.25, -0.2) is 9.78 Å². The topological polar surface area (TPSA) is 116 Å². The first kappa shape index (κ1) is 22.9. The smallest absolute Gasteiger partial charge is 0.338 e. The number of rotatable bonds is 6. The van der Waals surface area contributed by atoms with E-state index in [4.69, 9.17) is 16.3 Å². The number of nitrogens with zero attached hydrogens (tertiary/aromatic N) is 3. The van der Waals surface area contributed by atoms with E-state index in [-0.39, 0.29) is 22.0 Å². The number of fused-ring (bicyclic) bond motifs is 1. The second kappa shape index (κ2) is 9.32. The lowest BCUT2D eigenvalue weighted by molar-refractivity contribution is -0.384. The lowest BCUT2D eigenvalue weighted by Gasteiger charge is -2.14. The van der Waals surface area contributed by atoms with Gasteiger partial charge in [-0.3, -0.25) is 19.5 Å². The molecule has 3 aromatic carbocycles. The standard InChI is InChI=1S/C24H19ClN4O5/c1-14(23(30)27-20-13-18(29(32)33)9-10-19(20)25)34-24(31)16-8-11-22-21(12-16)26-15(2)28(22)17-6-4-3-5-7-17/h3-14H,1-2H3,(H,27,30)/t14-/m1/s1. The summed E-state index contributed by atoms with van der Waals surface area (Å²) in [4.78, 5) is 40.1. The minimum atomic E-state index is -1.18. The molecular weight excluding hydrogens is 460 g/mol. The molecule has 0 aliphatic heterocycles. The van der Waals surface area contributed by atoms with Gasteiger partial charge in [0, 0.05) is 17.8 Å². The summed E-state index contributed by atoms with van der Waals surface area (Å²) in [6, 6.07) is 18.3. The second-order valence-corrected chi connectivity index (χ2v) is 7.90. The van der Waals surface area contributed by atoms with Crippen molar-refractivity contribution >= 4 is 45.9 Å². The van der Waals surface area contributed by atoms with E-state index in [0.29, 0.717) is 5.52 Å². The van der Waals surface area contributed by atoms with Gasteiger partial charge >= 0.3 is 5.97 Å². The van der Waals surface area contributed by atoms with Crippen molar-refractivity contribution in [2.24, 2.45) is 0 Å². The van der Waals surface area contributed by atoms with Gasteiger partial charge in [0.05, 0.1) is 32.2 Å². The van der Waals surface area contributed by atoms with Crippen molar-refractivity contribution in [1.82, 2.24) is 9.55 Å². The fourth-order valence-corrected chi connectivity index (χ4v) is 3.63. The lowest BCUT2D eigenvalue weighted by atomic mass is 10.2. The van der Waals surface area contributed by atoms with Crippen molar-refractivity contribution in [3.05, 3.63) is 93.3 Å². The Kier molecular flexibility index (Phi) is 6.29. The minimum Gasteiger partial charge on any atom is -0.449 e. The van der Waals surface area contributed by atoms with Crippen LogP contribution in [0.5, 0.6) is 0 Å². The summed E-state index contributed by atoms with van der Waals surface area (Å²) in [5.74, 6) is -0.629. The second-order valence-electron chi connectivity index (χ2n) is 7.49. The number of nitro benzene ring substituents is 1. The van der Waals surface area contributed by atoms with Crippen LogP contribution in [-0.4, -0.2) is 32.5 Å². The number of hydrogen-bond donors (Lipinski definition) is 1. The first-order valence-corrected chi connectivity index (χ1v) is 10.6. The van der Waals surface area contributed by atoms with Crippen LogP contribution < -0.4 is 5.32 Å². The number of amides is 1. The predicted molar refractivity (Wildman–Crippen MR) is 127 cm³/mol. The number of benzene rings is 3. The van der Waals surface area contributed by atoms with Crippen LogP contribution in [0.25, 0.3) is 16.7 Å². The van der Waals surface area contributed by atoms with E-state index in [1.54, 1.807) is 18.2 Å². The highest BCUT2D eigenvalue weighted by Gasteiger charge is 2.22. The number of nitrogens with one attached hydrogen (secondary N) is 1. The van der Waals surface area contributed by atoms with Crippen LogP contribution in [0.2, 0.25) is 5.02 Å². The zero-order valence-corrected chi connectivity index (χ0v) is 18.9. The van der Waals surface area contributed by atoms with Gasteiger partial charge in [-0.15, -0.1) is 0 Å². The Bertz CT molecular complexity index is 1420. The lowest BCUT2D eigenvalue weighted by Crippen LogP contribution is -2.30. The van der Waals surface area contributed by atoms with Crippen molar-refractivity contribution in [2.75, 3.05) is 5.32 Å². The average Bonchev–Trinajstić information content (AvgIpc) is 3.15. The monoisotopic (exact) mass is 478 g/mol. The summed E-state index contributed by atoms with van der Waals surface area (Å²) >= 11 is 6.01. The number of anilines is 1. The number of halogens is 1. The number of nitro groups is 1. The zero-order valence-electron chi connectivity index (χ0n) is 18.2. The molecule has 4 aromatic rings. The Balaban J connectivity index is 1.50. The summed E-state index contributed by atoms with van der Waals surface area (Å²) in [5, 5.41) is 13.5. The molecular formula is C24H19ClN4O5. The van der Waals surface area contributed by atoms with Crippen LogP contribution in [0, 0.1) is 17.0 Å². The molecule has 1 N–H and O–H groups in total. The highest BCUT2D eigenvalue weighted by atomic mass is 35.5.